The van der Waals surface area contributed by atoms with E-state index >= 15 is 0 Å². The number of anilines is 1. The minimum absolute atomic E-state index is 0.284. The maximum Gasteiger partial charge on any atom is 0.230 e. The maximum atomic E-state index is 5.99. The molecule has 2 fully saturated rings. The number of thioether (sulfide) groups is 1. The molecule has 2 saturated heterocycles. The van der Waals surface area contributed by atoms with Crippen LogP contribution in [0.2, 0.25) is 5.28 Å². The van der Waals surface area contributed by atoms with Crippen LogP contribution in [-0.2, 0) is 4.74 Å². The molecule has 3 heterocycles. The topological polar surface area (TPSA) is 51.1 Å². The van der Waals surface area contributed by atoms with Crippen LogP contribution in [0.15, 0.2) is 5.16 Å². The Morgan fingerprint density at radius 2 is 2.05 bits per heavy atom. The van der Waals surface area contributed by atoms with Gasteiger partial charge in [0.2, 0.25) is 11.2 Å². The van der Waals surface area contributed by atoms with Gasteiger partial charge in [0.05, 0.1) is 6.10 Å². The van der Waals surface area contributed by atoms with Gasteiger partial charge in [-0.15, -0.1) is 0 Å². The van der Waals surface area contributed by atoms with Gasteiger partial charge in [-0.2, -0.15) is 15.0 Å². The van der Waals surface area contributed by atoms with E-state index in [-0.39, 0.29) is 5.28 Å². The van der Waals surface area contributed by atoms with Crippen molar-refractivity contribution in [2.24, 2.45) is 0 Å². The summed E-state index contributed by atoms with van der Waals surface area (Å²) < 4.78 is 5.60. The lowest BCUT2D eigenvalue weighted by atomic mass is 10.3. The third-order valence-electron chi connectivity index (χ3n) is 3.39. The SMILES string of the molecule is Clc1nc(SCC2CCCO2)nc(N2CCCC2)n1. The van der Waals surface area contributed by atoms with Gasteiger partial charge in [-0.05, 0) is 37.3 Å². The van der Waals surface area contributed by atoms with E-state index in [1.54, 1.807) is 11.8 Å². The van der Waals surface area contributed by atoms with Gasteiger partial charge in [-0.3, -0.25) is 0 Å². The van der Waals surface area contributed by atoms with E-state index in [2.05, 4.69) is 19.9 Å². The van der Waals surface area contributed by atoms with Crippen molar-refractivity contribution < 1.29 is 4.74 Å². The highest BCUT2D eigenvalue weighted by molar-refractivity contribution is 7.99. The van der Waals surface area contributed by atoms with E-state index in [1.807, 2.05) is 0 Å². The lowest BCUT2D eigenvalue weighted by molar-refractivity contribution is 0.129. The molecule has 2 aliphatic heterocycles. The molecule has 1 aromatic heterocycles. The molecule has 3 rings (SSSR count). The molecule has 0 saturated carbocycles. The quantitative estimate of drug-likeness (QED) is 0.796. The van der Waals surface area contributed by atoms with Crippen molar-refractivity contribution >= 4 is 29.3 Å². The highest BCUT2D eigenvalue weighted by atomic mass is 35.5. The average Bonchev–Trinajstić information content (AvgIpc) is 3.09. The predicted octanol–water partition coefficient (Wildman–Crippen LogP) is 2.40. The van der Waals surface area contributed by atoms with Gasteiger partial charge in [0.1, 0.15) is 0 Å². The number of ether oxygens (including phenoxy) is 1. The highest BCUT2D eigenvalue weighted by Gasteiger charge is 2.19. The van der Waals surface area contributed by atoms with E-state index in [1.165, 1.54) is 12.8 Å². The van der Waals surface area contributed by atoms with Gasteiger partial charge >= 0.3 is 0 Å². The first-order chi connectivity index (χ1) is 9.31. The number of hydrogen-bond acceptors (Lipinski definition) is 6. The highest BCUT2D eigenvalue weighted by Crippen LogP contribution is 2.24. The zero-order chi connectivity index (χ0) is 13.1. The van der Waals surface area contributed by atoms with E-state index in [4.69, 9.17) is 16.3 Å². The molecule has 1 atom stereocenters. The summed E-state index contributed by atoms with van der Waals surface area (Å²) in [4.78, 5) is 15.1. The van der Waals surface area contributed by atoms with E-state index in [0.29, 0.717) is 17.2 Å². The first-order valence-corrected chi connectivity index (χ1v) is 8.08. The smallest absolute Gasteiger partial charge is 0.230 e. The summed E-state index contributed by atoms with van der Waals surface area (Å²) in [5.74, 6) is 1.60. The van der Waals surface area contributed by atoms with Gasteiger partial charge in [0, 0.05) is 25.4 Å². The molecule has 0 bridgehead atoms. The van der Waals surface area contributed by atoms with Gasteiger partial charge in [0.25, 0.3) is 0 Å². The fourth-order valence-corrected chi connectivity index (χ4v) is 3.49. The Kier molecular flexibility index (Phi) is 4.40. The van der Waals surface area contributed by atoms with Crippen molar-refractivity contribution in [2.45, 2.75) is 36.9 Å². The molecular weight excluding hydrogens is 284 g/mol. The zero-order valence-electron chi connectivity index (χ0n) is 10.7. The zero-order valence-corrected chi connectivity index (χ0v) is 12.3. The monoisotopic (exact) mass is 300 g/mol. The molecule has 0 aromatic carbocycles. The minimum atomic E-state index is 0.284. The van der Waals surface area contributed by atoms with Crippen LogP contribution in [0.4, 0.5) is 5.95 Å². The molecule has 0 aliphatic carbocycles. The summed E-state index contributed by atoms with van der Waals surface area (Å²) in [6.45, 7) is 2.90. The van der Waals surface area contributed by atoms with Crippen LogP contribution in [0.3, 0.4) is 0 Å². The lowest BCUT2D eigenvalue weighted by Crippen LogP contribution is -2.21. The largest absolute Gasteiger partial charge is 0.377 e. The standard InChI is InChI=1S/C12H17ClN4OS/c13-10-14-11(17-5-1-2-6-17)16-12(15-10)19-8-9-4-3-7-18-9/h9H,1-8H2. The summed E-state index contributed by atoms with van der Waals surface area (Å²) in [6.07, 6.45) is 5.01. The Labute approximate surface area is 122 Å². The van der Waals surface area contributed by atoms with Crippen molar-refractivity contribution in [2.75, 3.05) is 30.3 Å². The molecule has 104 valence electrons. The molecule has 2 aliphatic rings. The van der Waals surface area contributed by atoms with Crippen molar-refractivity contribution in [1.82, 2.24) is 15.0 Å². The Morgan fingerprint density at radius 1 is 1.21 bits per heavy atom. The number of rotatable bonds is 4. The van der Waals surface area contributed by atoms with Crippen molar-refractivity contribution in [3.63, 3.8) is 0 Å². The second-order valence-corrected chi connectivity index (χ2v) is 6.15. The van der Waals surface area contributed by atoms with Crippen molar-refractivity contribution in [3.05, 3.63) is 5.28 Å². The fourth-order valence-electron chi connectivity index (χ4n) is 2.39. The van der Waals surface area contributed by atoms with E-state index in [9.17, 15) is 0 Å². The average molecular weight is 301 g/mol. The van der Waals surface area contributed by atoms with Gasteiger partial charge in [-0.1, -0.05) is 11.8 Å². The van der Waals surface area contributed by atoms with Crippen LogP contribution in [0.5, 0.6) is 0 Å². The van der Waals surface area contributed by atoms with Crippen molar-refractivity contribution in [1.29, 1.82) is 0 Å². The maximum absolute atomic E-state index is 5.99. The molecular formula is C12H17ClN4OS. The van der Waals surface area contributed by atoms with Crippen LogP contribution < -0.4 is 4.90 Å². The van der Waals surface area contributed by atoms with Crippen LogP contribution in [-0.4, -0.2) is 46.5 Å². The Balaban J connectivity index is 1.66. The molecule has 1 unspecified atom stereocenters. The summed E-state index contributed by atoms with van der Waals surface area (Å²) in [6, 6.07) is 0. The minimum Gasteiger partial charge on any atom is -0.377 e. The summed E-state index contributed by atoms with van der Waals surface area (Å²) in [5.41, 5.74) is 0. The molecule has 1 aromatic rings. The third-order valence-corrected chi connectivity index (χ3v) is 4.54. The normalized spacial score (nSPS) is 23.2. The lowest BCUT2D eigenvalue weighted by Gasteiger charge is -2.15. The second-order valence-electron chi connectivity index (χ2n) is 4.83. The van der Waals surface area contributed by atoms with Crippen LogP contribution in [0, 0.1) is 0 Å². The molecule has 0 N–H and O–H groups in total. The first-order valence-electron chi connectivity index (χ1n) is 6.72. The van der Waals surface area contributed by atoms with Crippen LogP contribution in [0.1, 0.15) is 25.7 Å². The predicted molar refractivity (Wildman–Crippen MR) is 76.0 cm³/mol. The molecule has 0 spiro atoms. The summed E-state index contributed by atoms with van der Waals surface area (Å²) >= 11 is 7.60. The van der Waals surface area contributed by atoms with E-state index < -0.39 is 0 Å². The van der Waals surface area contributed by atoms with E-state index in [0.717, 1.165) is 38.3 Å². The molecule has 0 amide bonds. The number of aromatic nitrogens is 3. The Morgan fingerprint density at radius 3 is 2.79 bits per heavy atom. The Bertz CT molecular complexity index is 436. The number of hydrogen-bond donors (Lipinski definition) is 0. The van der Waals surface area contributed by atoms with Gasteiger partial charge < -0.3 is 9.64 Å². The fraction of sp³-hybridized carbons (Fsp3) is 0.750. The molecule has 5 nitrogen and oxygen atoms in total. The van der Waals surface area contributed by atoms with Crippen LogP contribution in [0.25, 0.3) is 0 Å². The molecule has 0 radical (unpaired) electrons. The first kappa shape index (κ1) is 13.4. The molecule has 7 heteroatoms. The number of nitrogens with zero attached hydrogens (tertiary/aromatic N) is 4. The van der Waals surface area contributed by atoms with Gasteiger partial charge in [0.15, 0.2) is 5.16 Å². The summed E-state index contributed by atoms with van der Waals surface area (Å²) in [5, 5.41) is 0.990. The van der Waals surface area contributed by atoms with Crippen molar-refractivity contribution in [3.8, 4) is 0 Å². The molecule has 19 heavy (non-hydrogen) atoms. The summed E-state index contributed by atoms with van der Waals surface area (Å²) in [7, 11) is 0. The Hall–Kier alpha value is -0.590. The number of halogens is 1. The van der Waals surface area contributed by atoms with Crippen LogP contribution >= 0.6 is 23.4 Å². The second kappa shape index (κ2) is 6.24. The third kappa shape index (κ3) is 3.49. The van der Waals surface area contributed by atoms with Gasteiger partial charge in [-0.25, -0.2) is 0 Å².